The molecule has 0 aliphatic heterocycles. The summed E-state index contributed by atoms with van der Waals surface area (Å²) < 4.78 is 33.6. The van der Waals surface area contributed by atoms with E-state index in [2.05, 4.69) is 19.7 Å². The zero-order valence-electron chi connectivity index (χ0n) is 14.8. The normalized spacial score (nSPS) is 12.1. The number of thioether (sulfide) groups is 1. The molecule has 0 aliphatic carbocycles. The van der Waals surface area contributed by atoms with Crippen molar-refractivity contribution in [2.45, 2.75) is 5.16 Å². The first kappa shape index (κ1) is 20.9. The van der Waals surface area contributed by atoms with Gasteiger partial charge in [-0.1, -0.05) is 35.0 Å². The second-order valence-electron chi connectivity index (χ2n) is 5.29. The van der Waals surface area contributed by atoms with E-state index in [0.717, 1.165) is 0 Å². The summed E-state index contributed by atoms with van der Waals surface area (Å²) >= 11 is 11.9. The molecular weight excluding hydrogens is 447 g/mol. The van der Waals surface area contributed by atoms with Gasteiger partial charge in [0.1, 0.15) is 17.0 Å². The van der Waals surface area contributed by atoms with E-state index in [9.17, 15) is 8.76 Å². The van der Waals surface area contributed by atoms with Crippen molar-refractivity contribution >= 4 is 63.0 Å². The number of anilines is 1. The fourth-order valence-corrected chi connectivity index (χ4v) is 3.86. The Kier molecular flexibility index (Phi) is 6.46. The molecule has 1 aromatic carbocycles. The summed E-state index contributed by atoms with van der Waals surface area (Å²) in [6.07, 6.45) is 3.41. The summed E-state index contributed by atoms with van der Waals surface area (Å²) in [5.41, 5.74) is 1.06. The van der Waals surface area contributed by atoms with Crippen LogP contribution in [0.25, 0.3) is 22.2 Å². The number of hydrogen-bond donors (Lipinski definition) is 2. The van der Waals surface area contributed by atoms with Crippen molar-refractivity contribution in [1.29, 1.82) is 0 Å². The van der Waals surface area contributed by atoms with Crippen molar-refractivity contribution in [3.8, 4) is 22.8 Å². The van der Waals surface area contributed by atoms with Crippen LogP contribution < -0.4 is 14.2 Å². The Morgan fingerprint density at radius 2 is 1.79 bits per heavy atom. The fourth-order valence-electron chi connectivity index (χ4n) is 2.51. The average molecular weight is 461 g/mol. The first-order valence-electron chi connectivity index (χ1n) is 7.59. The van der Waals surface area contributed by atoms with E-state index in [1.165, 1.54) is 26.0 Å². The minimum atomic E-state index is -2.36. The van der Waals surface area contributed by atoms with E-state index in [1.807, 2.05) is 6.26 Å². The highest BCUT2D eigenvalue weighted by atomic mass is 35.5. The molecule has 2 aromatic heterocycles. The number of rotatable bonds is 6. The molecule has 3 rings (SSSR count). The highest BCUT2D eigenvalue weighted by molar-refractivity contribution is 7.98. The molecule has 28 heavy (non-hydrogen) atoms. The van der Waals surface area contributed by atoms with E-state index in [4.69, 9.17) is 32.7 Å². The molecule has 0 radical (unpaired) electrons. The van der Waals surface area contributed by atoms with E-state index >= 15 is 0 Å². The number of hydrogen-bond acceptors (Lipinski definition) is 7. The van der Waals surface area contributed by atoms with Gasteiger partial charge in [0.2, 0.25) is 0 Å². The number of fused-ring (bicyclic) bond motifs is 1. The van der Waals surface area contributed by atoms with Gasteiger partial charge in [0, 0.05) is 23.2 Å². The molecule has 0 aliphatic rings. The van der Waals surface area contributed by atoms with Crippen LogP contribution in [-0.2, 0) is 11.3 Å². The highest BCUT2D eigenvalue weighted by Gasteiger charge is 2.22. The number of pyridine rings is 1. The Bertz CT molecular complexity index is 1060. The number of nitrogens with zero attached hydrogens (tertiary/aromatic N) is 3. The molecule has 0 saturated carbocycles. The monoisotopic (exact) mass is 460 g/mol. The molecule has 0 amide bonds. The van der Waals surface area contributed by atoms with Gasteiger partial charge in [-0.25, -0.2) is 19.2 Å². The molecule has 2 N–H and O–H groups in total. The van der Waals surface area contributed by atoms with Crippen LogP contribution in [0.1, 0.15) is 0 Å². The quantitative estimate of drug-likeness (QED) is 0.318. The molecule has 1 unspecified atom stereocenters. The predicted octanol–water partition coefficient (Wildman–Crippen LogP) is 4.29. The Labute approximate surface area is 177 Å². The Morgan fingerprint density at radius 1 is 1.14 bits per heavy atom. The van der Waals surface area contributed by atoms with Crippen LogP contribution in [-0.4, -0.2) is 44.2 Å². The molecule has 2 heterocycles. The summed E-state index contributed by atoms with van der Waals surface area (Å²) in [5.74, 6) is 0.767. The topological polar surface area (TPSA) is 106 Å². The molecule has 3 aromatic rings. The summed E-state index contributed by atoms with van der Waals surface area (Å²) in [4.78, 5) is 13.0. The second kappa shape index (κ2) is 8.66. The fraction of sp³-hybridized carbons (Fsp3) is 0.188. The number of methoxy groups -OCH3 is 2. The van der Waals surface area contributed by atoms with Gasteiger partial charge in [-0.2, -0.15) is 0 Å². The van der Waals surface area contributed by atoms with Crippen molar-refractivity contribution in [3.63, 3.8) is 0 Å². The van der Waals surface area contributed by atoms with Crippen LogP contribution >= 0.6 is 35.0 Å². The minimum absolute atomic E-state index is 0.0833. The van der Waals surface area contributed by atoms with Gasteiger partial charge < -0.3 is 9.47 Å². The van der Waals surface area contributed by atoms with E-state index in [-0.39, 0.29) is 15.9 Å². The predicted molar refractivity (Wildman–Crippen MR) is 112 cm³/mol. The van der Waals surface area contributed by atoms with Crippen molar-refractivity contribution in [1.82, 2.24) is 15.0 Å². The van der Waals surface area contributed by atoms with Crippen LogP contribution in [0.2, 0.25) is 10.0 Å². The van der Waals surface area contributed by atoms with Gasteiger partial charge in [-0.15, -0.1) is 0 Å². The smallest absolute Gasteiger partial charge is 0.260 e. The second-order valence-corrected chi connectivity index (χ2v) is 7.52. The molecule has 1 atom stereocenters. The van der Waals surface area contributed by atoms with E-state index in [0.29, 0.717) is 38.8 Å². The summed E-state index contributed by atoms with van der Waals surface area (Å²) in [6, 6.07) is 3.24. The maximum Gasteiger partial charge on any atom is 0.260 e. The van der Waals surface area contributed by atoms with E-state index < -0.39 is 11.3 Å². The number of halogens is 2. The summed E-state index contributed by atoms with van der Waals surface area (Å²) in [5, 5.41) is 1.51. The lowest BCUT2D eigenvalue weighted by Gasteiger charge is -2.15. The van der Waals surface area contributed by atoms with Gasteiger partial charge in [-0.3, -0.25) is 9.27 Å². The summed E-state index contributed by atoms with van der Waals surface area (Å²) in [7, 11) is 2.93. The molecule has 0 fully saturated rings. The summed E-state index contributed by atoms with van der Waals surface area (Å²) in [6.45, 7) is 0. The SMILES string of the molecule is COc1cc(OC)c(Cl)c(-c2cc3cnc(SC)nc3c(NS(=O)O)n2)c1Cl. The van der Waals surface area contributed by atoms with Crippen molar-refractivity contribution in [3.05, 3.63) is 28.4 Å². The Hall–Kier alpha value is -1.85. The third kappa shape index (κ3) is 3.96. The third-order valence-corrected chi connectivity index (χ3v) is 5.42. The van der Waals surface area contributed by atoms with Crippen molar-refractivity contribution in [2.24, 2.45) is 0 Å². The molecule has 12 heteroatoms. The van der Waals surface area contributed by atoms with Gasteiger partial charge in [0.15, 0.2) is 11.0 Å². The Morgan fingerprint density at radius 3 is 2.32 bits per heavy atom. The van der Waals surface area contributed by atoms with Crippen molar-refractivity contribution in [2.75, 3.05) is 25.2 Å². The molecule has 0 saturated heterocycles. The number of benzene rings is 1. The zero-order chi connectivity index (χ0) is 20.4. The first-order chi connectivity index (χ1) is 13.4. The van der Waals surface area contributed by atoms with Crippen LogP contribution in [0.5, 0.6) is 11.5 Å². The highest BCUT2D eigenvalue weighted by Crippen LogP contribution is 2.46. The number of nitrogens with one attached hydrogen (secondary N) is 1. The van der Waals surface area contributed by atoms with Crippen LogP contribution in [0.3, 0.4) is 0 Å². The third-order valence-electron chi connectivity index (χ3n) is 3.74. The first-order valence-corrected chi connectivity index (χ1v) is 10.7. The maximum absolute atomic E-state index is 11.4. The van der Waals surface area contributed by atoms with Crippen LogP contribution in [0.15, 0.2) is 23.5 Å². The molecule has 148 valence electrons. The largest absolute Gasteiger partial charge is 0.495 e. The van der Waals surface area contributed by atoms with Crippen LogP contribution in [0, 0.1) is 0 Å². The number of ether oxygens (including phenoxy) is 2. The van der Waals surface area contributed by atoms with Gasteiger partial charge >= 0.3 is 0 Å². The average Bonchev–Trinajstić information content (AvgIpc) is 2.67. The van der Waals surface area contributed by atoms with Gasteiger partial charge in [-0.05, 0) is 12.3 Å². The van der Waals surface area contributed by atoms with Crippen molar-refractivity contribution < 1.29 is 18.2 Å². The number of aromatic nitrogens is 3. The lowest BCUT2D eigenvalue weighted by Crippen LogP contribution is -2.07. The Balaban J connectivity index is 2.34. The minimum Gasteiger partial charge on any atom is -0.495 e. The molecule has 0 bridgehead atoms. The van der Waals surface area contributed by atoms with Gasteiger partial charge in [0.05, 0.1) is 30.0 Å². The lowest BCUT2D eigenvalue weighted by molar-refractivity contribution is 0.395. The lowest BCUT2D eigenvalue weighted by atomic mass is 10.1. The maximum atomic E-state index is 11.4. The molecule has 8 nitrogen and oxygen atoms in total. The zero-order valence-corrected chi connectivity index (χ0v) is 18.0. The van der Waals surface area contributed by atoms with Crippen LogP contribution in [0.4, 0.5) is 5.82 Å². The van der Waals surface area contributed by atoms with Gasteiger partial charge in [0.25, 0.3) is 11.3 Å². The van der Waals surface area contributed by atoms with E-state index in [1.54, 1.807) is 18.3 Å². The molecule has 0 spiro atoms. The molecular formula is C16H14Cl2N4O4S2. The standard InChI is InChI=1S/C16H14Cl2N4O4S2/c1-25-9-5-10(26-2)13(18)11(12(9)17)8-4-7-6-19-16(27-3)21-14(7)15(20-8)22-28(23)24/h4-6H,1-3H3,(H,20,22)(H,23,24).